The quantitative estimate of drug-likeness (QED) is 0.0858. The maximum absolute atomic E-state index is 13.7. The van der Waals surface area contributed by atoms with Gasteiger partial charge in [-0.3, -0.25) is 14.5 Å². The molecule has 5 rings (SSSR count). The molecule has 4 aromatic rings. The van der Waals surface area contributed by atoms with Gasteiger partial charge in [0.1, 0.15) is 11.5 Å². The average Bonchev–Trinajstić information content (AvgIpc) is 3.52. The Balaban J connectivity index is 1.65. The van der Waals surface area contributed by atoms with Gasteiger partial charge in [-0.2, -0.15) is 0 Å². The Morgan fingerprint density at radius 2 is 1.83 bits per heavy atom. The van der Waals surface area contributed by atoms with Crippen molar-refractivity contribution < 1.29 is 28.9 Å². The molecule has 0 bridgehead atoms. The van der Waals surface area contributed by atoms with Gasteiger partial charge in [-0.15, -0.1) is 0 Å². The molecule has 1 aliphatic rings. The van der Waals surface area contributed by atoms with Crippen LogP contribution in [0, 0.1) is 6.92 Å². The van der Waals surface area contributed by atoms with E-state index in [-0.39, 0.29) is 11.3 Å². The van der Waals surface area contributed by atoms with Crippen LogP contribution in [0.1, 0.15) is 55.8 Å². The number of rotatable bonds is 11. The van der Waals surface area contributed by atoms with Crippen LogP contribution in [0.15, 0.2) is 66.2 Å². The summed E-state index contributed by atoms with van der Waals surface area (Å²) in [7, 11) is 1.55. The molecule has 1 amide bonds. The highest BCUT2D eigenvalue weighted by Crippen LogP contribution is 2.46. The Labute approximate surface area is 249 Å². The van der Waals surface area contributed by atoms with Gasteiger partial charge in [0.2, 0.25) is 0 Å². The number of nitrogens with zero attached hydrogens (tertiary/aromatic N) is 2. The molecule has 0 aliphatic carbocycles. The summed E-state index contributed by atoms with van der Waals surface area (Å²) in [4.78, 5) is 33.4. The Kier molecular flexibility index (Phi) is 8.77. The van der Waals surface area contributed by atoms with Gasteiger partial charge < -0.3 is 19.3 Å². The normalized spacial score (nSPS) is 16.3. The molecular weight excluding hydrogens is 552 g/mol. The number of benzene rings is 3. The number of amides is 1. The van der Waals surface area contributed by atoms with Crippen LogP contribution in [0.5, 0.6) is 17.2 Å². The molecule has 0 saturated carbocycles. The second-order valence-corrected chi connectivity index (χ2v) is 11.1. The fourth-order valence-electron chi connectivity index (χ4n) is 5.03. The molecule has 42 heavy (non-hydrogen) atoms. The Bertz CT molecular complexity index is 1660. The lowest BCUT2D eigenvalue weighted by Gasteiger charge is -2.24. The lowest BCUT2D eigenvalue weighted by molar-refractivity contribution is -0.132. The molecule has 2 heterocycles. The summed E-state index contributed by atoms with van der Waals surface area (Å²) in [6.45, 7) is 6.97. The van der Waals surface area contributed by atoms with Gasteiger partial charge in [0, 0.05) is 5.56 Å². The number of fused-ring (bicyclic) bond motifs is 1. The van der Waals surface area contributed by atoms with Crippen LogP contribution in [-0.4, -0.2) is 42.1 Å². The van der Waals surface area contributed by atoms with Crippen molar-refractivity contribution in [2.45, 2.75) is 46.1 Å². The summed E-state index contributed by atoms with van der Waals surface area (Å²) >= 11 is 1.32. The van der Waals surface area contributed by atoms with Gasteiger partial charge >= 0.3 is 5.91 Å². The average molecular weight is 587 g/mol. The maximum Gasteiger partial charge on any atom is 0.301 e. The zero-order valence-electron chi connectivity index (χ0n) is 24.2. The van der Waals surface area contributed by atoms with E-state index in [4.69, 9.17) is 19.2 Å². The van der Waals surface area contributed by atoms with E-state index < -0.39 is 17.7 Å². The molecule has 1 saturated heterocycles. The van der Waals surface area contributed by atoms with E-state index in [1.54, 1.807) is 49.6 Å². The van der Waals surface area contributed by atoms with E-state index in [2.05, 4.69) is 6.92 Å². The zero-order valence-corrected chi connectivity index (χ0v) is 25.0. The van der Waals surface area contributed by atoms with Crippen LogP contribution in [0.3, 0.4) is 0 Å². The van der Waals surface area contributed by atoms with Gasteiger partial charge in [-0.05, 0) is 67.8 Å². The molecular formula is C33H34N2O6S. The highest BCUT2D eigenvalue weighted by molar-refractivity contribution is 7.22. The third-order valence-corrected chi connectivity index (χ3v) is 8.13. The Hall–Kier alpha value is -4.37. The van der Waals surface area contributed by atoms with Gasteiger partial charge in [-0.1, -0.05) is 55.4 Å². The number of aromatic nitrogens is 1. The summed E-state index contributed by atoms with van der Waals surface area (Å²) in [5.41, 5.74) is 2.68. The van der Waals surface area contributed by atoms with E-state index in [0.717, 1.165) is 35.0 Å². The molecule has 1 unspecified atom stereocenters. The van der Waals surface area contributed by atoms with Crippen molar-refractivity contribution in [2.75, 3.05) is 25.2 Å². The number of aryl methyl sites for hydroxylation is 1. The van der Waals surface area contributed by atoms with Crippen LogP contribution < -0.4 is 19.1 Å². The highest BCUT2D eigenvalue weighted by Gasteiger charge is 2.48. The first-order valence-corrected chi connectivity index (χ1v) is 14.9. The number of hydrogen-bond acceptors (Lipinski definition) is 8. The van der Waals surface area contributed by atoms with Crippen LogP contribution in [0.2, 0.25) is 0 Å². The predicted octanol–water partition coefficient (Wildman–Crippen LogP) is 7.21. The minimum atomic E-state index is -0.953. The second kappa shape index (κ2) is 12.7. The number of carbonyl (C=O) groups is 2. The molecule has 0 radical (unpaired) electrons. The number of methoxy groups -OCH3 is 1. The number of hydrogen-bond donors (Lipinski definition) is 1. The number of anilines is 1. The van der Waals surface area contributed by atoms with Gasteiger partial charge in [-0.25, -0.2) is 4.98 Å². The number of Topliss-reactive ketones (excluding diaryl/α,β-unsaturated/α-hetero) is 1. The molecule has 218 valence electrons. The number of aliphatic hydroxyl groups excluding tert-OH is 1. The highest BCUT2D eigenvalue weighted by atomic mass is 32.1. The molecule has 8 nitrogen and oxygen atoms in total. The van der Waals surface area contributed by atoms with Crippen LogP contribution in [0.25, 0.3) is 16.0 Å². The first-order chi connectivity index (χ1) is 20.4. The van der Waals surface area contributed by atoms with Crippen molar-refractivity contribution in [3.8, 4) is 17.2 Å². The van der Waals surface area contributed by atoms with Crippen LogP contribution in [-0.2, 0) is 9.59 Å². The third kappa shape index (κ3) is 5.69. The monoisotopic (exact) mass is 586 g/mol. The molecule has 1 atom stereocenters. The summed E-state index contributed by atoms with van der Waals surface area (Å²) in [5.74, 6) is -0.286. The molecule has 0 spiro atoms. The summed E-state index contributed by atoms with van der Waals surface area (Å²) in [6.07, 6.45) is 3.05. The van der Waals surface area contributed by atoms with E-state index in [9.17, 15) is 14.7 Å². The van der Waals surface area contributed by atoms with Crippen molar-refractivity contribution in [1.82, 2.24) is 4.98 Å². The largest absolute Gasteiger partial charge is 0.507 e. The van der Waals surface area contributed by atoms with Crippen molar-refractivity contribution in [3.05, 3.63) is 82.9 Å². The Morgan fingerprint density at radius 1 is 1.00 bits per heavy atom. The first-order valence-electron chi connectivity index (χ1n) is 14.1. The summed E-state index contributed by atoms with van der Waals surface area (Å²) in [5, 5.41) is 11.9. The second-order valence-electron chi connectivity index (χ2n) is 10.1. The molecule has 1 N–H and O–H groups in total. The fraction of sp³-hybridized carbons (Fsp3) is 0.303. The van der Waals surface area contributed by atoms with Crippen LogP contribution >= 0.6 is 11.3 Å². The van der Waals surface area contributed by atoms with E-state index in [1.807, 2.05) is 32.0 Å². The number of thiazole rings is 1. The molecule has 9 heteroatoms. The lowest BCUT2D eigenvalue weighted by Crippen LogP contribution is -2.29. The van der Waals surface area contributed by atoms with Crippen molar-refractivity contribution in [3.63, 3.8) is 0 Å². The third-order valence-electron chi connectivity index (χ3n) is 7.11. The van der Waals surface area contributed by atoms with E-state index >= 15 is 0 Å². The topological polar surface area (TPSA) is 98.2 Å². The first kappa shape index (κ1) is 29.1. The minimum absolute atomic E-state index is 0.0391. The molecule has 1 aromatic heterocycles. The number of ether oxygens (including phenoxy) is 3. The predicted molar refractivity (Wildman–Crippen MR) is 165 cm³/mol. The van der Waals surface area contributed by atoms with Crippen molar-refractivity contribution in [2.24, 2.45) is 0 Å². The van der Waals surface area contributed by atoms with Crippen molar-refractivity contribution >= 4 is 44.1 Å². The number of carbonyl (C=O) groups excluding carboxylic acids is 2. The number of ketones is 1. The van der Waals surface area contributed by atoms with Gasteiger partial charge in [0.05, 0.1) is 42.2 Å². The minimum Gasteiger partial charge on any atom is -0.507 e. The number of unbranched alkanes of at least 4 members (excludes halogenated alkanes) is 2. The van der Waals surface area contributed by atoms with Crippen LogP contribution in [0.4, 0.5) is 5.13 Å². The van der Waals surface area contributed by atoms with E-state index in [0.29, 0.717) is 46.7 Å². The van der Waals surface area contributed by atoms with Gasteiger partial charge in [0.25, 0.3) is 5.78 Å². The van der Waals surface area contributed by atoms with E-state index in [1.165, 1.54) is 16.2 Å². The standard InChI is InChI=1S/C33H34N2O6S/c1-5-7-8-16-41-25-15-13-21(19-26(25)39-4)29-28(30(36)22-10-9-11-23(18-22)40-6-2)31(37)32(38)35(29)33-34-24-14-12-20(3)17-27(24)42-33/h9-15,17-19,29,36H,5-8,16H2,1-4H3/b30-28+. The molecule has 1 fully saturated rings. The molecule has 3 aromatic carbocycles. The number of aliphatic hydroxyl groups is 1. The lowest BCUT2D eigenvalue weighted by atomic mass is 9.95. The SMILES string of the molecule is CCCCCOc1ccc(C2/C(=C(\O)c3cccc(OCC)c3)C(=O)C(=O)N2c2nc3ccc(C)cc3s2)cc1OC. The summed E-state index contributed by atoms with van der Waals surface area (Å²) in [6, 6.07) is 17.0. The smallest absolute Gasteiger partial charge is 0.301 e. The summed E-state index contributed by atoms with van der Waals surface area (Å²) < 4.78 is 18.1. The molecule has 1 aliphatic heterocycles. The fourth-order valence-corrected chi connectivity index (χ4v) is 6.12. The zero-order chi connectivity index (χ0) is 29.8. The van der Waals surface area contributed by atoms with Gasteiger partial charge in [0.15, 0.2) is 16.6 Å². The maximum atomic E-state index is 13.7. The Morgan fingerprint density at radius 3 is 2.60 bits per heavy atom. The van der Waals surface area contributed by atoms with Crippen molar-refractivity contribution in [1.29, 1.82) is 0 Å².